The zero-order valence-electron chi connectivity index (χ0n) is 20.9. The third-order valence-corrected chi connectivity index (χ3v) is 8.10. The summed E-state index contributed by atoms with van der Waals surface area (Å²) in [6.07, 6.45) is 11.9. The van der Waals surface area contributed by atoms with E-state index in [4.69, 9.17) is 0 Å². The number of hydrogen-bond acceptors (Lipinski definition) is 4. The Labute approximate surface area is 209 Å². The second kappa shape index (κ2) is 13.8. The van der Waals surface area contributed by atoms with E-state index in [2.05, 4.69) is 12.2 Å². The SMILES string of the molecule is CCCCCCCCCCC(=O)NC1CCN(C(=O)C2Sc3ccccc3N(CC)C2=O)CC1. The van der Waals surface area contributed by atoms with Gasteiger partial charge in [0.05, 0.1) is 5.69 Å². The van der Waals surface area contributed by atoms with E-state index < -0.39 is 5.25 Å². The average molecular weight is 488 g/mol. The van der Waals surface area contributed by atoms with Crippen LogP contribution in [-0.4, -0.2) is 53.5 Å². The van der Waals surface area contributed by atoms with Crippen LogP contribution in [-0.2, 0) is 14.4 Å². The number of rotatable bonds is 12. The number of likely N-dealkylation sites (tertiary alicyclic amines) is 1. The van der Waals surface area contributed by atoms with Gasteiger partial charge >= 0.3 is 0 Å². The molecule has 1 unspecified atom stereocenters. The summed E-state index contributed by atoms with van der Waals surface area (Å²) in [6, 6.07) is 7.90. The quantitative estimate of drug-likeness (QED) is 0.327. The van der Waals surface area contributed by atoms with Gasteiger partial charge in [0.2, 0.25) is 17.7 Å². The Morgan fingerprint density at radius 3 is 2.29 bits per heavy atom. The third kappa shape index (κ3) is 7.24. The average Bonchev–Trinajstić information content (AvgIpc) is 2.85. The molecule has 2 aliphatic heterocycles. The molecule has 2 aliphatic rings. The summed E-state index contributed by atoms with van der Waals surface area (Å²) >= 11 is 1.36. The first-order chi connectivity index (χ1) is 16.5. The van der Waals surface area contributed by atoms with Crippen molar-refractivity contribution in [1.82, 2.24) is 10.2 Å². The monoisotopic (exact) mass is 487 g/mol. The molecule has 1 N–H and O–H groups in total. The lowest BCUT2D eigenvalue weighted by Crippen LogP contribution is -2.53. The number of piperidine rings is 1. The van der Waals surface area contributed by atoms with Crippen molar-refractivity contribution in [2.75, 3.05) is 24.5 Å². The fourth-order valence-electron chi connectivity index (χ4n) is 4.83. The zero-order valence-corrected chi connectivity index (χ0v) is 21.7. The predicted molar refractivity (Wildman–Crippen MR) is 139 cm³/mol. The van der Waals surface area contributed by atoms with Crippen LogP contribution in [0.3, 0.4) is 0 Å². The summed E-state index contributed by atoms with van der Waals surface area (Å²) in [5.74, 6) is -0.104. The fraction of sp³-hybridized carbons (Fsp3) is 0.667. The highest BCUT2D eigenvalue weighted by atomic mass is 32.2. The molecular weight excluding hydrogens is 446 g/mol. The summed E-state index contributed by atoms with van der Waals surface area (Å²) in [6.45, 7) is 5.89. The number of hydrogen-bond donors (Lipinski definition) is 1. The van der Waals surface area contributed by atoms with Gasteiger partial charge in [0.15, 0.2) is 5.25 Å². The number of anilines is 1. The van der Waals surface area contributed by atoms with Gasteiger partial charge in [-0.05, 0) is 38.3 Å². The highest BCUT2D eigenvalue weighted by Gasteiger charge is 2.40. The second-order valence-corrected chi connectivity index (χ2v) is 10.6. The molecule has 1 saturated heterocycles. The third-order valence-electron chi connectivity index (χ3n) is 6.86. The van der Waals surface area contributed by atoms with Crippen molar-refractivity contribution in [3.8, 4) is 0 Å². The van der Waals surface area contributed by atoms with E-state index in [-0.39, 0.29) is 23.8 Å². The number of amides is 3. The van der Waals surface area contributed by atoms with Gasteiger partial charge < -0.3 is 15.1 Å². The van der Waals surface area contributed by atoms with Crippen molar-refractivity contribution < 1.29 is 14.4 Å². The molecule has 188 valence electrons. The smallest absolute Gasteiger partial charge is 0.250 e. The van der Waals surface area contributed by atoms with E-state index in [1.165, 1.54) is 50.3 Å². The Balaban J connectivity index is 1.38. The molecule has 0 spiro atoms. The number of carbonyl (C=O) groups excluding carboxylic acids is 3. The highest BCUT2D eigenvalue weighted by Crippen LogP contribution is 2.39. The molecule has 7 heteroatoms. The molecule has 2 heterocycles. The summed E-state index contributed by atoms with van der Waals surface area (Å²) in [5, 5.41) is 2.44. The molecule has 1 atom stereocenters. The van der Waals surface area contributed by atoms with Crippen LogP contribution >= 0.6 is 11.8 Å². The van der Waals surface area contributed by atoms with Crippen molar-refractivity contribution in [3.63, 3.8) is 0 Å². The van der Waals surface area contributed by atoms with Crippen molar-refractivity contribution in [2.24, 2.45) is 0 Å². The van der Waals surface area contributed by atoms with E-state index in [1.54, 1.807) is 9.80 Å². The maximum atomic E-state index is 13.2. The lowest BCUT2D eigenvalue weighted by Gasteiger charge is -2.37. The number of thioether (sulfide) groups is 1. The summed E-state index contributed by atoms with van der Waals surface area (Å²) < 4.78 is 0. The number of unbranched alkanes of at least 4 members (excludes halogenated alkanes) is 7. The number of benzene rings is 1. The van der Waals surface area contributed by atoms with Crippen LogP contribution in [0.1, 0.15) is 84.5 Å². The zero-order chi connectivity index (χ0) is 24.3. The van der Waals surface area contributed by atoms with Crippen molar-refractivity contribution in [2.45, 2.75) is 101 Å². The normalized spacial score (nSPS) is 18.6. The minimum atomic E-state index is -0.719. The lowest BCUT2D eigenvalue weighted by molar-refractivity contribution is -0.135. The van der Waals surface area contributed by atoms with Crippen molar-refractivity contribution in [3.05, 3.63) is 24.3 Å². The van der Waals surface area contributed by atoms with Gasteiger partial charge in [0.25, 0.3) is 0 Å². The van der Waals surface area contributed by atoms with Crippen LogP contribution in [0.25, 0.3) is 0 Å². The molecule has 1 aromatic carbocycles. The molecule has 34 heavy (non-hydrogen) atoms. The molecule has 0 aromatic heterocycles. The first-order valence-electron chi connectivity index (χ1n) is 13.2. The molecule has 0 saturated carbocycles. The summed E-state index contributed by atoms with van der Waals surface area (Å²) in [5.41, 5.74) is 0.891. The largest absolute Gasteiger partial charge is 0.353 e. The van der Waals surface area contributed by atoms with E-state index in [1.807, 2.05) is 31.2 Å². The number of fused-ring (bicyclic) bond motifs is 1. The van der Waals surface area contributed by atoms with Crippen LogP contribution in [0, 0.1) is 0 Å². The van der Waals surface area contributed by atoms with Crippen LogP contribution in [0.15, 0.2) is 29.2 Å². The summed E-state index contributed by atoms with van der Waals surface area (Å²) in [7, 11) is 0. The Hall–Kier alpha value is -2.02. The molecule has 0 bridgehead atoms. The fourth-order valence-corrected chi connectivity index (χ4v) is 6.02. The number of nitrogens with zero attached hydrogens (tertiary/aromatic N) is 2. The Kier molecular flexibility index (Phi) is 10.8. The van der Waals surface area contributed by atoms with Crippen LogP contribution in [0.4, 0.5) is 5.69 Å². The Morgan fingerprint density at radius 1 is 0.971 bits per heavy atom. The van der Waals surface area contributed by atoms with Crippen molar-refractivity contribution in [1.29, 1.82) is 0 Å². The first-order valence-corrected chi connectivity index (χ1v) is 14.1. The minimum Gasteiger partial charge on any atom is -0.353 e. The van der Waals surface area contributed by atoms with Gasteiger partial charge in [0.1, 0.15) is 0 Å². The number of para-hydroxylation sites is 1. The Morgan fingerprint density at radius 2 is 1.62 bits per heavy atom. The highest BCUT2D eigenvalue weighted by molar-refractivity contribution is 8.01. The molecule has 0 aliphatic carbocycles. The van der Waals surface area contributed by atoms with Gasteiger partial charge in [0, 0.05) is 37.0 Å². The van der Waals surface area contributed by atoms with Gasteiger partial charge in [-0.3, -0.25) is 14.4 Å². The molecule has 1 fully saturated rings. The molecular formula is C27H41N3O3S. The molecule has 1 aromatic rings. The van der Waals surface area contributed by atoms with Crippen molar-refractivity contribution >= 4 is 35.2 Å². The van der Waals surface area contributed by atoms with E-state index in [0.29, 0.717) is 26.1 Å². The maximum absolute atomic E-state index is 13.2. The molecule has 3 amide bonds. The topological polar surface area (TPSA) is 69.7 Å². The van der Waals surface area contributed by atoms with Gasteiger partial charge in [-0.25, -0.2) is 0 Å². The Bertz CT molecular complexity index is 823. The van der Waals surface area contributed by atoms with Crippen LogP contribution in [0.5, 0.6) is 0 Å². The van der Waals surface area contributed by atoms with E-state index >= 15 is 0 Å². The van der Waals surface area contributed by atoms with Crippen LogP contribution in [0.2, 0.25) is 0 Å². The van der Waals surface area contributed by atoms with E-state index in [0.717, 1.165) is 36.3 Å². The lowest BCUT2D eigenvalue weighted by atomic mass is 10.0. The standard InChI is InChI=1S/C27H41N3O3S/c1-3-5-6-7-8-9-10-11-16-24(31)28-21-17-19-29(20-18-21)26(32)25-27(33)30(4-2)22-14-12-13-15-23(22)34-25/h12-15,21,25H,3-11,16-20H2,1-2H3,(H,28,31). The minimum absolute atomic E-state index is 0.105. The summed E-state index contributed by atoms with van der Waals surface area (Å²) in [4.78, 5) is 43.1. The molecule has 3 rings (SSSR count). The van der Waals surface area contributed by atoms with Gasteiger partial charge in [-0.15, -0.1) is 11.8 Å². The molecule has 0 radical (unpaired) electrons. The van der Waals surface area contributed by atoms with E-state index in [9.17, 15) is 14.4 Å². The second-order valence-electron chi connectivity index (χ2n) is 9.44. The van der Waals surface area contributed by atoms with Crippen LogP contribution < -0.4 is 10.2 Å². The number of carbonyl (C=O) groups is 3. The predicted octanol–water partition coefficient (Wildman–Crippen LogP) is 5.15. The molecule has 6 nitrogen and oxygen atoms in total. The van der Waals surface area contributed by atoms with Gasteiger partial charge in [-0.2, -0.15) is 0 Å². The number of nitrogens with one attached hydrogen (secondary N) is 1. The van der Waals surface area contributed by atoms with Gasteiger partial charge in [-0.1, -0.05) is 64.0 Å². The first kappa shape index (κ1) is 26.6. The maximum Gasteiger partial charge on any atom is 0.250 e.